The van der Waals surface area contributed by atoms with E-state index in [-0.39, 0.29) is 12.5 Å². The first kappa shape index (κ1) is 17.7. The van der Waals surface area contributed by atoms with Gasteiger partial charge in [-0.05, 0) is 22.3 Å². The Hall–Kier alpha value is -2.09. The summed E-state index contributed by atoms with van der Waals surface area (Å²) in [5.41, 5.74) is 4.64. The number of nitrogens with one attached hydrogen (secondary N) is 1. The van der Waals surface area contributed by atoms with E-state index in [9.17, 15) is 9.59 Å². The quantitative estimate of drug-likeness (QED) is 0.430. The highest BCUT2D eigenvalue weighted by molar-refractivity contribution is 14.1. The van der Waals surface area contributed by atoms with Crippen LogP contribution in [0.4, 0.5) is 4.79 Å². The molecule has 0 fully saturated rings. The highest BCUT2D eigenvalue weighted by Crippen LogP contribution is 2.44. The number of methoxy groups -OCH3 is 1. The predicted octanol–water partition coefficient (Wildman–Crippen LogP) is 3.50. The number of halogens is 1. The number of alkyl halides is 1. The Morgan fingerprint density at radius 3 is 2.16 bits per heavy atom. The molecule has 0 spiro atoms. The fourth-order valence-electron chi connectivity index (χ4n) is 3.09. The second-order valence-corrected chi connectivity index (χ2v) is 6.58. The van der Waals surface area contributed by atoms with Gasteiger partial charge in [0.2, 0.25) is 0 Å². The lowest BCUT2D eigenvalue weighted by Gasteiger charge is -2.17. The molecule has 0 aliphatic heterocycles. The smallest absolute Gasteiger partial charge is 0.407 e. The number of rotatable bonds is 5. The van der Waals surface area contributed by atoms with Crippen LogP contribution in [0.5, 0.6) is 0 Å². The van der Waals surface area contributed by atoms with Crippen LogP contribution in [0.2, 0.25) is 0 Å². The molecule has 6 heteroatoms. The van der Waals surface area contributed by atoms with Gasteiger partial charge in [0, 0.05) is 10.3 Å². The van der Waals surface area contributed by atoms with E-state index in [1.807, 2.05) is 46.9 Å². The van der Waals surface area contributed by atoms with Crippen LogP contribution in [0.15, 0.2) is 48.5 Å². The third kappa shape index (κ3) is 3.63. The predicted molar refractivity (Wildman–Crippen MR) is 103 cm³/mol. The van der Waals surface area contributed by atoms with E-state index in [1.54, 1.807) is 0 Å². The lowest BCUT2D eigenvalue weighted by Crippen LogP contribution is -2.43. The van der Waals surface area contributed by atoms with Gasteiger partial charge >= 0.3 is 12.1 Å². The summed E-state index contributed by atoms with van der Waals surface area (Å²) in [7, 11) is 1.29. The van der Waals surface area contributed by atoms with E-state index < -0.39 is 18.1 Å². The van der Waals surface area contributed by atoms with Crippen LogP contribution in [0.1, 0.15) is 17.0 Å². The zero-order chi connectivity index (χ0) is 17.8. The number of hydrogen-bond donors (Lipinski definition) is 1. The van der Waals surface area contributed by atoms with Gasteiger partial charge < -0.3 is 14.8 Å². The molecule has 1 unspecified atom stereocenters. The Morgan fingerprint density at radius 1 is 1.08 bits per heavy atom. The van der Waals surface area contributed by atoms with Gasteiger partial charge in [0.05, 0.1) is 7.11 Å². The SMILES string of the molecule is COC(=O)C(CI)NC(=O)OCC1c2ccccc2-c2ccccc21. The summed E-state index contributed by atoms with van der Waals surface area (Å²) in [6.45, 7) is 0.217. The Labute approximate surface area is 159 Å². The second-order valence-electron chi connectivity index (χ2n) is 5.70. The maximum atomic E-state index is 12.1. The maximum Gasteiger partial charge on any atom is 0.407 e. The average Bonchev–Trinajstić information content (AvgIpc) is 2.98. The molecule has 0 saturated heterocycles. The summed E-state index contributed by atoms with van der Waals surface area (Å²) in [5.74, 6) is -0.489. The van der Waals surface area contributed by atoms with Gasteiger partial charge in [-0.3, -0.25) is 0 Å². The molecule has 1 atom stereocenters. The van der Waals surface area contributed by atoms with Gasteiger partial charge in [-0.25, -0.2) is 9.59 Å². The fraction of sp³-hybridized carbons (Fsp3) is 0.263. The zero-order valence-corrected chi connectivity index (χ0v) is 15.9. The summed E-state index contributed by atoms with van der Waals surface area (Å²) in [6.07, 6.45) is -0.617. The fourth-order valence-corrected chi connectivity index (χ4v) is 3.66. The number of alkyl carbamates (subject to hydrolysis) is 1. The van der Waals surface area contributed by atoms with Crippen molar-refractivity contribution in [3.63, 3.8) is 0 Å². The molecular formula is C19H18INO4. The van der Waals surface area contributed by atoms with Crippen molar-refractivity contribution in [1.82, 2.24) is 5.32 Å². The van der Waals surface area contributed by atoms with Crippen molar-refractivity contribution in [2.45, 2.75) is 12.0 Å². The van der Waals surface area contributed by atoms with E-state index in [0.29, 0.717) is 4.43 Å². The molecule has 1 aliphatic carbocycles. The number of hydrogen-bond acceptors (Lipinski definition) is 4. The van der Waals surface area contributed by atoms with Crippen molar-refractivity contribution in [2.75, 3.05) is 18.1 Å². The maximum absolute atomic E-state index is 12.1. The van der Waals surface area contributed by atoms with Crippen LogP contribution in [-0.2, 0) is 14.3 Å². The zero-order valence-electron chi connectivity index (χ0n) is 13.7. The number of amides is 1. The molecule has 0 radical (unpaired) electrons. The van der Waals surface area contributed by atoms with Gasteiger partial charge in [0.25, 0.3) is 0 Å². The normalized spacial score (nSPS) is 13.5. The van der Waals surface area contributed by atoms with Crippen molar-refractivity contribution in [3.8, 4) is 11.1 Å². The third-order valence-corrected chi connectivity index (χ3v) is 5.16. The van der Waals surface area contributed by atoms with Gasteiger partial charge in [-0.1, -0.05) is 71.1 Å². The number of esters is 1. The molecule has 0 aromatic heterocycles. The van der Waals surface area contributed by atoms with Crippen LogP contribution >= 0.6 is 22.6 Å². The highest BCUT2D eigenvalue weighted by atomic mass is 127. The first-order chi connectivity index (χ1) is 12.2. The van der Waals surface area contributed by atoms with Crippen molar-refractivity contribution in [1.29, 1.82) is 0 Å². The number of carbonyl (C=O) groups excluding carboxylic acids is 2. The molecular weight excluding hydrogens is 433 g/mol. The molecule has 1 N–H and O–H groups in total. The Bertz CT molecular complexity index is 747. The molecule has 0 bridgehead atoms. The summed E-state index contributed by atoms with van der Waals surface area (Å²) >= 11 is 2.02. The van der Waals surface area contributed by atoms with E-state index in [2.05, 4.69) is 34.3 Å². The minimum absolute atomic E-state index is 0.00525. The molecule has 0 heterocycles. The van der Waals surface area contributed by atoms with Crippen LogP contribution in [-0.4, -0.2) is 36.2 Å². The monoisotopic (exact) mass is 451 g/mol. The average molecular weight is 451 g/mol. The van der Waals surface area contributed by atoms with Gasteiger partial charge in [0.1, 0.15) is 12.6 Å². The molecule has 130 valence electrons. The number of benzene rings is 2. The standard InChI is InChI=1S/C19H18INO4/c1-24-18(22)17(10-20)21-19(23)25-11-16-14-8-4-2-6-12(14)13-7-3-5-9-15(13)16/h2-9,16-17H,10-11H2,1H3,(H,21,23). The molecule has 2 aromatic rings. The van der Waals surface area contributed by atoms with Crippen molar-refractivity contribution >= 4 is 34.7 Å². The van der Waals surface area contributed by atoms with Gasteiger partial charge in [-0.2, -0.15) is 0 Å². The Balaban J connectivity index is 1.71. The Morgan fingerprint density at radius 2 is 1.64 bits per heavy atom. The van der Waals surface area contributed by atoms with E-state index in [1.165, 1.54) is 18.2 Å². The van der Waals surface area contributed by atoms with Crippen molar-refractivity contribution in [3.05, 3.63) is 59.7 Å². The van der Waals surface area contributed by atoms with E-state index >= 15 is 0 Å². The summed E-state index contributed by atoms with van der Waals surface area (Å²) in [5, 5.41) is 2.55. The molecule has 1 amide bonds. The van der Waals surface area contributed by atoms with Crippen LogP contribution in [0.3, 0.4) is 0 Å². The highest BCUT2D eigenvalue weighted by Gasteiger charge is 2.29. The number of fused-ring (bicyclic) bond motifs is 3. The minimum atomic E-state index is -0.707. The first-order valence-corrected chi connectivity index (χ1v) is 9.43. The Kier molecular flexibility index (Phi) is 5.57. The third-order valence-electron chi connectivity index (χ3n) is 4.28. The number of ether oxygens (including phenoxy) is 2. The van der Waals surface area contributed by atoms with Crippen molar-refractivity contribution in [2.24, 2.45) is 0 Å². The summed E-state index contributed by atoms with van der Waals surface area (Å²) in [4.78, 5) is 23.6. The summed E-state index contributed by atoms with van der Waals surface area (Å²) < 4.78 is 10.5. The lowest BCUT2D eigenvalue weighted by atomic mass is 9.98. The number of carbonyl (C=O) groups is 2. The second kappa shape index (κ2) is 7.86. The molecule has 1 aliphatic rings. The summed E-state index contributed by atoms with van der Waals surface area (Å²) in [6, 6.07) is 15.6. The largest absolute Gasteiger partial charge is 0.467 e. The van der Waals surface area contributed by atoms with E-state index in [0.717, 1.165) is 11.1 Å². The lowest BCUT2D eigenvalue weighted by molar-refractivity contribution is -0.142. The molecule has 5 nitrogen and oxygen atoms in total. The van der Waals surface area contributed by atoms with Gasteiger partial charge in [-0.15, -0.1) is 0 Å². The minimum Gasteiger partial charge on any atom is -0.467 e. The van der Waals surface area contributed by atoms with Crippen LogP contribution in [0.25, 0.3) is 11.1 Å². The van der Waals surface area contributed by atoms with Crippen molar-refractivity contribution < 1.29 is 19.1 Å². The molecule has 3 rings (SSSR count). The molecule has 25 heavy (non-hydrogen) atoms. The topological polar surface area (TPSA) is 64.6 Å². The van der Waals surface area contributed by atoms with Crippen LogP contribution in [0, 0.1) is 0 Å². The first-order valence-electron chi connectivity index (χ1n) is 7.91. The van der Waals surface area contributed by atoms with Gasteiger partial charge in [0.15, 0.2) is 0 Å². The van der Waals surface area contributed by atoms with Crippen LogP contribution < -0.4 is 5.32 Å². The van der Waals surface area contributed by atoms with E-state index in [4.69, 9.17) is 4.74 Å². The molecule has 0 saturated carbocycles. The molecule has 2 aromatic carbocycles.